The zero-order valence-electron chi connectivity index (χ0n) is 17.8. The number of rotatable bonds is 4. The summed E-state index contributed by atoms with van der Waals surface area (Å²) < 4.78 is 51.6. The van der Waals surface area contributed by atoms with Crippen molar-refractivity contribution in [1.82, 2.24) is 9.78 Å². The SMILES string of the molecule is Cc1nn(-c2cccc(C(F)(F)F)c2)c(C)c1C(=O)C(=O)Nc1ccc2c(c1)OCCCO2. The van der Waals surface area contributed by atoms with Crippen LogP contribution >= 0.6 is 0 Å². The zero-order chi connectivity index (χ0) is 23.8. The lowest BCUT2D eigenvalue weighted by Gasteiger charge is -2.11. The van der Waals surface area contributed by atoms with Gasteiger partial charge in [0.1, 0.15) is 0 Å². The number of carbonyl (C=O) groups is 2. The number of aromatic nitrogens is 2. The van der Waals surface area contributed by atoms with Crippen LogP contribution < -0.4 is 14.8 Å². The molecule has 172 valence electrons. The summed E-state index contributed by atoms with van der Waals surface area (Å²) in [6.45, 7) is 4.03. The van der Waals surface area contributed by atoms with Gasteiger partial charge in [-0.1, -0.05) is 6.07 Å². The van der Waals surface area contributed by atoms with Gasteiger partial charge < -0.3 is 14.8 Å². The van der Waals surface area contributed by atoms with Gasteiger partial charge >= 0.3 is 6.18 Å². The molecule has 4 rings (SSSR count). The minimum absolute atomic E-state index is 0.0271. The third-order valence-electron chi connectivity index (χ3n) is 5.15. The maximum Gasteiger partial charge on any atom is 0.416 e. The fourth-order valence-corrected chi connectivity index (χ4v) is 3.58. The van der Waals surface area contributed by atoms with Crippen LogP contribution in [0, 0.1) is 13.8 Å². The van der Waals surface area contributed by atoms with Gasteiger partial charge in [-0.15, -0.1) is 0 Å². The molecule has 0 radical (unpaired) electrons. The van der Waals surface area contributed by atoms with Gasteiger partial charge in [-0.05, 0) is 44.2 Å². The third-order valence-corrected chi connectivity index (χ3v) is 5.15. The number of ketones is 1. The molecule has 0 saturated carbocycles. The summed E-state index contributed by atoms with van der Waals surface area (Å²) in [6, 6.07) is 9.38. The van der Waals surface area contributed by atoms with Crippen LogP contribution in [0.15, 0.2) is 42.5 Å². The number of benzene rings is 2. The maximum absolute atomic E-state index is 13.1. The number of anilines is 1. The lowest BCUT2D eigenvalue weighted by molar-refractivity contribution is -0.137. The highest BCUT2D eigenvalue weighted by molar-refractivity contribution is 6.47. The van der Waals surface area contributed by atoms with Crippen molar-refractivity contribution < 1.29 is 32.2 Å². The Labute approximate surface area is 187 Å². The Balaban J connectivity index is 1.59. The fourth-order valence-electron chi connectivity index (χ4n) is 3.58. The largest absolute Gasteiger partial charge is 0.490 e. The summed E-state index contributed by atoms with van der Waals surface area (Å²) in [5.74, 6) is -0.747. The molecule has 2 heterocycles. The highest BCUT2D eigenvalue weighted by Gasteiger charge is 2.31. The normalized spacial score (nSPS) is 13.4. The number of amides is 1. The third kappa shape index (κ3) is 4.55. The summed E-state index contributed by atoms with van der Waals surface area (Å²) in [5.41, 5.74) is 0.146. The average molecular weight is 459 g/mol. The Morgan fingerprint density at radius 1 is 1.03 bits per heavy atom. The van der Waals surface area contributed by atoms with Crippen LogP contribution in [0.3, 0.4) is 0 Å². The molecule has 1 aliphatic rings. The molecule has 10 heteroatoms. The lowest BCUT2D eigenvalue weighted by Crippen LogP contribution is -2.24. The predicted molar refractivity (Wildman–Crippen MR) is 113 cm³/mol. The van der Waals surface area contributed by atoms with Crippen molar-refractivity contribution in [1.29, 1.82) is 0 Å². The topological polar surface area (TPSA) is 82.5 Å². The van der Waals surface area contributed by atoms with Crippen LogP contribution in [0.4, 0.5) is 18.9 Å². The zero-order valence-corrected chi connectivity index (χ0v) is 17.8. The van der Waals surface area contributed by atoms with Gasteiger partial charge in [-0.2, -0.15) is 18.3 Å². The van der Waals surface area contributed by atoms with Crippen molar-refractivity contribution >= 4 is 17.4 Å². The standard InChI is InChI=1S/C23H20F3N3O4/c1-13-20(14(2)29(28-13)17-6-3-5-15(11-17)23(24,25)26)21(30)22(31)27-16-7-8-18-19(12-16)33-10-4-9-32-18/h3,5-8,11-12H,4,9-10H2,1-2H3,(H,27,31). The number of carbonyl (C=O) groups excluding carboxylic acids is 2. The fraction of sp³-hybridized carbons (Fsp3) is 0.261. The summed E-state index contributed by atoms with van der Waals surface area (Å²) in [6.07, 6.45) is -3.80. The van der Waals surface area contributed by atoms with Gasteiger partial charge in [0.25, 0.3) is 11.7 Å². The van der Waals surface area contributed by atoms with E-state index in [9.17, 15) is 22.8 Å². The van der Waals surface area contributed by atoms with Crippen LogP contribution in [-0.2, 0) is 11.0 Å². The second-order valence-corrected chi connectivity index (χ2v) is 7.50. The second kappa shape index (κ2) is 8.61. The van der Waals surface area contributed by atoms with E-state index in [-0.39, 0.29) is 22.6 Å². The molecule has 0 spiro atoms. The molecule has 7 nitrogen and oxygen atoms in total. The number of hydrogen-bond acceptors (Lipinski definition) is 5. The van der Waals surface area contributed by atoms with Crippen molar-refractivity contribution in [2.45, 2.75) is 26.4 Å². The second-order valence-electron chi connectivity index (χ2n) is 7.50. The van der Waals surface area contributed by atoms with Crippen LogP contribution in [0.2, 0.25) is 0 Å². The minimum atomic E-state index is -4.52. The van der Waals surface area contributed by atoms with E-state index in [1.54, 1.807) is 18.2 Å². The van der Waals surface area contributed by atoms with Crippen LogP contribution in [0.1, 0.15) is 33.7 Å². The van der Waals surface area contributed by atoms with E-state index in [0.29, 0.717) is 30.4 Å². The molecule has 1 aromatic heterocycles. The predicted octanol–water partition coefficient (Wildman–Crippen LogP) is 4.49. The number of halogens is 3. The Kier molecular flexibility index (Phi) is 5.84. The number of hydrogen-bond donors (Lipinski definition) is 1. The number of nitrogens with zero attached hydrogens (tertiary/aromatic N) is 2. The number of fused-ring (bicyclic) bond motifs is 1. The van der Waals surface area contributed by atoms with Crippen molar-refractivity contribution in [3.63, 3.8) is 0 Å². The Morgan fingerprint density at radius 2 is 1.76 bits per heavy atom. The summed E-state index contributed by atoms with van der Waals surface area (Å²) in [7, 11) is 0. The molecular formula is C23H20F3N3O4. The van der Waals surface area contributed by atoms with E-state index in [4.69, 9.17) is 9.47 Å². The van der Waals surface area contributed by atoms with Crippen LogP contribution in [0.25, 0.3) is 5.69 Å². The Morgan fingerprint density at radius 3 is 2.48 bits per heavy atom. The van der Waals surface area contributed by atoms with E-state index >= 15 is 0 Å². The molecule has 1 amide bonds. The Hall–Kier alpha value is -3.82. The molecule has 0 aliphatic carbocycles. The first-order valence-corrected chi connectivity index (χ1v) is 10.1. The molecular weight excluding hydrogens is 439 g/mol. The number of nitrogens with one attached hydrogen (secondary N) is 1. The van der Waals surface area contributed by atoms with E-state index in [2.05, 4.69) is 10.4 Å². The summed E-state index contributed by atoms with van der Waals surface area (Å²) in [5, 5.41) is 6.73. The first-order chi connectivity index (χ1) is 15.6. The van der Waals surface area contributed by atoms with Crippen LogP contribution in [-0.4, -0.2) is 34.7 Å². The molecule has 0 bridgehead atoms. The quantitative estimate of drug-likeness (QED) is 0.459. The highest BCUT2D eigenvalue weighted by Crippen LogP contribution is 2.33. The number of ether oxygens (including phenoxy) is 2. The molecule has 0 atom stereocenters. The monoisotopic (exact) mass is 459 g/mol. The minimum Gasteiger partial charge on any atom is -0.490 e. The summed E-state index contributed by atoms with van der Waals surface area (Å²) in [4.78, 5) is 25.6. The molecule has 0 saturated heterocycles. The average Bonchev–Trinajstić information content (AvgIpc) is 2.92. The number of aryl methyl sites for hydroxylation is 1. The van der Waals surface area contributed by atoms with E-state index < -0.39 is 23.4 Å². The van der Waals surface area contributed by atoms with Gasteiger partial charge in [-0.25, -0.2) is 4.68 Å². The lowest BCUT2D eigenvalue weighted by atomic mass is 10.1. The maximum atomic E-state index is 13.1. The number of alkyl halides is 3. The van der Waals surface area contributed by atoms with E-state index in [0.717, 1.165) is 18.6 Å². The molecule has 3 aromatic rings. The smallest absolute Gasteiger partial charge is 0.416 e. The van der Waals surface area contributed by atoms with Gasteiger partial charge in [-0.3, -0.25) is 9.59 Å². The van der Waals surface area contributed by atoms with Crippen LogP contribution in [0.5, 0.6) is 11.5 Å². The summed E-state index contributed by atoms with van der Waals surface area (Å²) >= 11 is 0. The molecule has 33 heavy (non-hydrogen) atoms. The van der Waals surface area contributed by atoms with Crippen molar-refractivity contribution in [2.24, 2.45) is 0 Å². The first-order valence-electron chi connectivity index (χ1n) is 10.1. The molecule has 2 aromatic carbocycles. The first kappa shape index (κ1) is 22.4. The van der Waals surface area contributed by atoms with E-state index in [1.165, 1.54) is 30.7 Å². The highest BCUT2D eigenvalue weighted by atomic mass is 19.4. The Bertz CT molecular complexity index is 1230. The van der Waals surface area contributed by atoms with E-state index in [1.807, 2.05) is 0 Å². The molecule has 1 aliphatic heterocycles. The molecule has 0 fully saturated rings. The van der Waals surface area contributed by atoms with Gasteiger partial charge in [0.15, 0.2) is 11.5 Å². The number of Topliss-reactive ketones (excluding diaryl/α,β-unsaturated/α-hetero) is 1. The van der Waals surface area contributed by atoms with Gasteiger partial charge in [0.05, 0.1) is 41.4 Å². The van der Waals surface area contributed by atoms with Crippen molar-refractivity contribution in [2.75, 3.05) is 18.5 Å². The van der Waals surface area contributed by atoms with Crippen molar-refractivity contribution in [3.05, 3.63) is 65.0 Å². The molecule has 1 N–H and O–H groups in total. The molecule has 0 unspecified atom stereocenters. The van der Waals surface area contributed by atoms with Crippen molar-refractivity contribution in [3.8, 4) is 17.2 Å². The van der Waals surface area contributed by atoms with Gasteiger partial charge in [0, 0.05) is 18.2 Å². The van der Waals surface area contributed by atoms with Gasteiger partial charge in [0.2, 0.25) is 0 Å².